The van der Waals surface area contributed by atoms with Gasteiger partial charge in [-0.15, -0.1) is 0 Å². The van der Waals surface area contributed by atoms with Crippen LogP contribution >= 0.6 is 0 Å². The Labute approximate surface area is 156 Å². The first-order chi connectivity index (χ1) is 12.6. The Morgan fingerprint density at radius 3 is 2.73 bits per heavy atom. The number of hydrogen-bond acceptors (Lipinski definition) is 3. The maximum absolute atomic E-state index is 12.2. The van der Waals surface area contributed by atoms with Crippen LogP contribution in [0.5, 0.6) is 5.75 Å². The molecule has 6 heteroatoms. The summed E-state index contributed by atoms with van der Waals surface area (Å²) in [6.45, 7) is 8.30. The van der Waals surface area contributed by atoms with E-state index in [0.29, 0.717) is 18.4 Å². The van der Waals surface area contributed by atoms with Crippen LogP contribution in [0.3, 0.4) is 0 Å². The number of carbonyl (C=O) groups excluding carboxylic acids is 1. The number of nitrogens with one attached hydrogen (secondary N) is 1. The van der Waals surface area contributed by atoms with Gasteiger partial charge in [-0.25, -0.2) is 0 Å². The molecule has 3 rings (SSSR count). The number of para-hydroxylation sites is 2. The lowest BCUT2D eigenvalue weighted by molar-refractivity contribution is -0.121. The van der Waals surface area contributed by atoms with Crippen molar-refractivity contribution in [3.05, 3.63) is 24.3 Å². The quantitative estimate of drug-likeness (QED) is 0.510. The lowest BCUT2D eigenvalue weighted by Crippen LogP contribution is -2.49. The molecule has 0 bridgehead atoms. The van der Waals surface area contributed by atoms with Crippen LogP contribution in [-0.2, 0) is 4.79 Å². The lowest BCUT2D eigenvalue weighted by Gasteiger charge is -2.37. The van der Waals surface area contributed by atoms with Crippen molar-refractivity contribution in [1.82, 2.24) is 10.2 Å². The highest BCUT2D eigenvalue weighted by atomic mass is 16.5. The number of aliphatic imine (C=N–C) groups is 1. The molecule has 0 saturated carbocycles. The van der Waals surface area contributed by atoms with E-state index in [0.717, 1.165) is 43.5 Å². The lowest BCUT2D eigenvalue weighted by atomic mass is 9.92. The van der Waals surface area contributed by atoms with Gasteiger partial charge in [0.2, 0.25) is 0 Å². The zero-order chi connectivity index (χ0) is 18.5. The number of hydrogen-bond donors (Lipinski definition) is 1. The Bertz CT molecular complexity index is 651. The van der Waals surface area contributed by atoms with Crippen LogP contribution in [0.1, 0.15) is 26.7 Å². The van der Waals surface area contributed by atoms with E-state index in [4.69, 9.17) is 4.74 Å². The molecule has 1 N–H and O–H groups in total. The zero-order valence-electron chi connectivity index (χ0n) is 16.1. The number of likely N-dealkylation sites (tertiary alicyclic amines) is 1. The molecule has 2 aliphatic heterocycles. The van der Waals surface area contributed by atoms with Gasteiger partial charge in [-0.05, 0) is 36.8 Å². The Hall–Kier alpha value is -2.24. The highest BCUT2D eigenvalue weighted by Gasteiger charge is 2.25. The van der Waals surface area contributed by atoms with E-state index in [-0.39, 0.29) is 12.5 Å². The Morgan fingerprint density at radius 2 is 2.00 bits per heavy atom. The van der Waals surface area contributed by atoms with E-state index in [1.807, 2.05) is 36.2 Å². The summed E-state index contributed by atoms with van der Waals surface area (Å²) in [6.07, 6.45) is 2.14. The molecule has 0 spiro atoms. The molecule has 26 heavy (non-hydrogen) atoms. The van der Waals surface area contributed by atoms with Gasteiger partial charge in [0, 0.05) is 33.2 Å². The number of carbonyl (C=O) groups is 1. The predicted molar refractivity (Wildman–Crippen MR) is 105 cm³/mol. The van der Waals surface area contributed by atoms with Gasteiger partial charge in [-0.2, -0.15) is 0 Å². The molecule has 0 aromatic heterocycles. The van der Waals surface area contributed by atoms with Gasteiger partial charge in [0.25, 0.3) is 5.91 Å². The molecule has 0 aliphatic carbocycles. The van der Waals surface area contributed by atoms with E-state index in [9.17, 15) is 4.79 Å². The minimum Gasteiger partial charge on any atom is -0.482 e. The highest BCUT2D eigenvalue weighted by molar-refractivity contribution is 5.97. The summed E-state index contributed by atoms with van der Waals surface area (Å²) in [5, 5.41) is 3.47. The average Bonchev–Trinajstić information content (AvgIpc) is 2.62. The molecule has 2 atom stereocenters. The first-order valence-electron chi connectivity index (χ1n) is 9.56. The van der Waals surface area contributed by atoms with E-state index in [1.165, 1.54) is 6.42 Å². The molecular weight excluding hydrogens is 328 g/mol. The molecule has 1 fully saturated rings. The molecule has 1 aromatic carbocycles. The predicted octanol–water partition coefficient (Wildman–Crippen LogP) is 2.36. The van der Waals surface area contributed by atoms with Crippen molar-refractivity contribution in [2.24, 2.45) is 16.8 Å². The molecule has 1 aromatic rings. The molecule has 6 nitrogen and oxygen atoms in total. The van der Waals surface area contributed by atoms with Gasteiger partial charge in [0.1, 0.15) is 5.75 Å². The molecule has 1 saturated heterocycles. The molecule has 0 radical (unpaired) electrons. The molecule has 142 valence electrons. The monoisotopic (exact) mass is 358 g/mol. The standard InChI is InChI=1S/C20H30N4O2/c1-15-11-16(2)13-23(12-15)20(21-3)22-9-6-10-24-17-7-4-5-8-18(17)26-14-19(24)25/h4-5,7-8,15-16H,6,9-14H2,1-3H3,(H,21,22). The molecule has 1 amide bonds. The summed E-state index contributed by atoms with van der Waals surface area (Å²) in [5.41, 5.74) is 0.867. The fourth-order valence-corrected chi connectivity index (χ4v) is 4.00. The normalized spacial score (nSPS) is 23.5. The molecule has 2 heterocycles. The second kappa shape index (κ2) is 8.43. The van der Waals surface area contributed by atoms with E-state index >= 15 is 0 Å². The minimum absolute atomic E-state index is 0.0202. The Balaban J connectivity index is 1.51. The third-order valence-electron chi connectivity index (χ3n) is 5.03. The minimum atomic E-state index is 0.0202. The van der Waals surface area contributed by atoms with Crippen LogP contribution in [0, 0.1) is 11.8 Å². The number of nitrogens with zero attached hydrogens (tertiary/aromatic N) is 3. The summed E-state index contributed by atoms with van der Waals surface area (Å²) in [4.78, 5) is 20.8. The summed E-state index contributed by atoms with van der Waals surface area (Å²) in [7, 11) is 1.84. The van der Waals surface area contributed by atoms with Crippen LogP contribution in [0.15, 0.2) is 29.3 Å². The first kappa shape index (κ1) is 18.5. The number of ether oxygens (including phenoxy) is 1. The second-order valence-corrected chi connectivity index (χ2v) is 7.48. The summed E-state index contributed by atoms with van der Waals surface area (Å²) < 4.78 is 5.49. The maximum Gasteiger partial charge on any atom is 0.265 e. The summed E-state index contributed by atoms with van der Waals surface area (Å²) >= 11 is 0. The number of rotatable bonds is 4. The smallest absolute Gasteiger partial charge is 0.265 e. The third-order valence-corrected chi connectivity index (χ3v) is 5.03. The number of fused-ring (bicyclic) bond motifs is 1. The fraction of sp³-hybridized carbons (Fsp3) is 0.600. The second-order valence-electron chi connectivity index (χ2n) is 7.48. The van der Waals surface area contributed by atoms with Gasteiger partial charge >= 0.3 is 0 Å². The Kier molecular flexibility index (Phi) is 6.01. The molecular formula is C20H30N4O2. The summed E-state index contributed by atoms with van der Waals surface area (Å²) in [5.74, 6) is 3.16. The molecule has 2 unspecified atom stereocenters. The van der Waals surface area contributed by atoms with Gasteiger partial charge in [0.15, 0.2) is 12.6 Å². The third kappa shape index (κ3) is 4.29. The number of guanidine groups is 1. The Morgan fingerprint density at radius 1 is 1.27 bits per heavy atom. The van der Waals surface area contributed by atoms with Crippen LogP contribution < -0.4 is 15.0 Å². The van der Waals surface area contributed by atoms with Gasteiger partial charge in [-0.1, -0.05) is 26.0 Å². The van der Waals surface area contributed by atoms with Crippen molar-refractivity contribution in [1.29, 1.82) is 0 Å². The SMILES string of the molecule is CN=C(NCCCN1C(=O)COc2ccccc21)N1CC(C)CC(C)C1. The van der Waals surface area contributed by atoms with Crippen molar-refractivity contribution < 1.29 is 9.53 Å². The van der Waals surface area contributed by atoms with Gasteiger partial charge in [0.05, 0.1) is 5.69 Å². The van der Waals surface area contributed by atoms with E-state index in [2.05, 4.69) is 29.1 Å². The number of anilines is 1. The highest BCUT2D eigenvalue weighted by Crippen LogP contribution is 2.31. The zero-order valence-corrected chi connectivity index (χ0v) is 16.1. The molecule has 2 aliphatic rings. The van der Waals surface area contributed by atoms with Gasteiger partial charge in [-0.3, -0.25) is 9.79 Å². The van der Waals surface area contributed by atoms with Crippen molar-refractivity contribution in [2.45, 2.75) is 26.7 Å². The van der Waals surface area contributed by atoms with Crippen molar-refractivity contribution in [3.63, 3.8) is 0 Å². The number of amides is 1. The van der Waals surface area contributed by atoms with Crippen molar-refractivity contribution >= 4 is 17.6 Å². The van der Waals surface area contributed by atoms with Crippen molar-refractivity contribution in [3.8, 4) is 5.75 Å². The van der Waals surface area contributed by atoms with Crippen LogP contribution in [0.4, 0.5) is 5.69 Å². The van der Waals surface area contributed by atoms with Crippen LogP contribution in [0.2, 0.25) is 0 Å². The van der Waals surface area contributed by atoms with Crippen LogP contribution in [0.25, 0.3) is 0 Å². The number of piperidine rings is 1. The maximum atomic E-state index is 12.2. The van der Waals surface area contributed by atoms with Crippen molar-refractivity contribution in [2.75, 3.05) is 44.7 Å². The fourth-order valence-electron chi connectivity index (χ4n) is 4.00. The van der Waals surface area contributed by atoms with E-state index < -0.39 is 0 Å². The largest absolute Gasteiger partial charge is 0.482 e. The topological polar surface area (TPSA) is 57.2 Å². The van der Waals surface area contributed by atoms with Gasteiger partial charge < -0.3 is 19.9 Å². The van der Waals surface area contributed by atoms with Crippen LogP contribution in [-0.4, -0.2) is 56.6 Å². The first-order valence-corrected chi connectivity index (χ1v) is 9.56. The summed E-state index contributed by atoms with van der Waals surface area (Å²) in [6, 6.07) is 7.72. The number of benzene rings is 1. The van der Waals surface area contributed by atoms with E-state index in [1.54, 1.807) is 0 Å². The average molecular weight is 358 g/mol.